The van der Waals surface area contributed by atoms with E-state index in [2.05, 4.69) is 42.3 Å². The number of likely N-dealkylation sites (N-methyl/N-ethyl adjacent to an activating group) is 1. The summed E-state index contributed by atoms with van der Waals surface area (Å²) in [5, 5.41) is 2.91. The summed E-state index contributed by atoms with van der Waals surface area (Å²) >= 11 is 0. The Bertz CT molecular complexity index is 1030. The van der Waals surface area contributed by atoms with Crippen molar-refractivity contribution in [2.24, 2.45) is 0 Å². The van der Waals surface area contributed by atoms with Crippen LogP contribution < -0.4 is 10.2 Å². The Morgan fingerprint density at radius 1 is 1.12 bits per heavy atom. The van der Waals surface area contributed by atoms with Crippen LogP contribution in [-0.2, 0) is 14.8 Å². The molecule has 8 heteroatoms. The van der Waals surface area contributed by atoms with Gasteiger partial charge in [-0.05, 0) is 63.6 Å². The summed E-state index contributed by atoms with van der Waals surface area (Å²) in [6.07, 6.45) is -0.343. The van der Waals surface area contributed by atoms with Gasteiger partial charge in [-0.25, -0.2) is 8.42 Å². The van der Waals surface area contributed by atoms with Crippen molar-refractivity contribution in [2.75, 3.05) is 37.6 Å². The highest BCUT2D eigenvalue weighted by Crippen LogP contribution is 2.22. The molecule has 1 heterocycles. The Morgan fingerprint density at radius 3 is 2.47 bits per heavy atom. The standard InChI is InChI=1S/C24H33N3O4S/c1-5-26(22-10-6-8-18(2)14-22)13-12-25-24(28)21-9-7-11-23(15-21)32(29,30)27-16-19(3)31-20(4)17-27/h6-11,14-15,19-20H,5,12-13,16-17H2,1-4H3,(H,25,28). The summed E-state index contributed by atoms with van der Waals surface area (Å²) in [5.41, 5.74) is 2.63. The smallest absolute Gasteiger partial charge is 0.251 e. The highest BCUT2D eigenvalue weighted by Gasteiger charge is 2.32. The van der Waals surface area contributed by atoms with Gasteiger partial charge in [-0.1, -0.05) is 18.2 Å². The molecule has 2 atom stereocenters. The first kappa shape index (κ1) is 24.2. The van der Waals surface area contributed by atoms with Gasteiger partial charge in [0.2, 0.25) is 10.0 Å². The molecule has 2 unspecified atom stereocenters. The topological polar surface area (TPSA) is 79.0 Å². The summed E-state index contributed by atoms with van der Waals surface area (Å²) < 4.78 is 33.3. The third-order valence-electron chi connectivity index (χ3n) is 5.54. The average molecular weight is 460 g/mol. The number of morpholine rings is 1. The zero-order valence-electron chi connectivity index (χ0n) is 19.2. The molecule has 7 nitrogen and oxygen atoms in total. The van der Waals surface area contributed by atoms with Crippen molar-refractivity contribution in [3.05, 3.63) is 59.7 Å². The van der Waals surface area contributed by atoms with E-state index in [1.54, 1.807) is 12.1 Å². The summed E-state index contributed by atoms with van der Waals surface area (Å²) in [5.74, 6) is -0.286. The van der Waals surface area contributed by atoms with Gasteiger partial charge in [0.05, 0.1) is 17.1 Å². The molecule has 1 amide bonds. The van der Waals surface area contributed by atoms with Crippen LogP contribution in [0.2, 0.25) is 0 Å². The Morgan fingerprint density at radius 2 is 1.81 bits per heavy atom. The summed E-state index contributed by atoms with van der Waals surface area (Å²) in [7, 11) is -3.70. The molecule has 3 rings (SSSR count). The molecule has 0 saturated carbocycles. The average Bonchev–Trinajstić information content (AvgIpc) is 2.76. The van der Waals surface area contributed by atoms with Gasteiger partial charge in [-0.2, -0.15) is 4.31 Å². The van der Waals surface area contributed by atoms with Crippen molar-refractivity contribution in [1.82, 2.24) is 9.62 Å². The number of rotatable bonds is 8. The molecule has 1 aliphatic rings. The van der Waals surface area contributed by atoms with E-state index in [4.69, 9.17) is 4.74 Å². The maximum Gasteiger partial charge on any atom is 0.251 e. The van der Waals surface area contributed by atoms with Crippen LogP contribution in [-0.4, -0.2) is 63.6 Å². The molecule has 0 aliphatic carbocycles. The number of anilines is 1. The van der Waals surface area contributed by atoms with Gasteiger partial charge < -0.3 is 15.0 Å². The molecular formula is C24H33N3O4S. The molecule has 2 aromatic carbocycles. The minimum Gasteiger partial charge on any atom is -0.373 e. The van der Waals surface area contributed by atoms with Crippen LogP contribution in [0.4, 0.5) is 5.69 Å². The number of ether oxygens (including phenoxy) is 1. The van der Waals surface area contributed by atoms with Crippen LogP contribution in [0, 0.1) is 6.92 Å². The number of carbonyl (C=O) groups is 1. The summed E-state index contributed by atoms with van der Waals surface area (Å²) in [6, 6.07) is 14.5. The van der Waals surface area contributed by atoms with Crippen molar-refractivity contribution in [3.8, 4) is 0 Å². The zero-order valence-corrected chi connectivity index (χ0v) is 20.1. The van der Waals surface area contributed by atoms with E-state index < -0.39 is 10.0 Å². The molecule has 1 saturated heterocycles. The number of hydrogen-bond donors (Lipinski definition) is 1. The fraction of sp³-hybridized carbons (Fsp3) is 0.458. The largest absolute Gasteiger partial charge is 0.373 e. The first-order valence-electron chi connectivity index (χ1n) is 11.1. The summed E-state index contributed by atoms with van der Waals surface area (Å²) in [4.78, 5) is 15.0. The second-order valence-corrected chi connectivity index (χ2v) is 10.2. The van der Waals surface area contributed by atoms with Crippen molar-refractivity contribution >= 4 is 21.6 Å². The molecule has 32 heavy (non-hydrogen) atoms. The number of benzene rings is 2. The van der Waals surface area contributed by atoms with E-state index in [0.717, 1.165) is 12.2 Å². The van der Waals surface area contributed by atoms with Crippen molar-refractivity contribution in [2.45, 2.75) is 44.8 Å². The van der Waals surface area contributed by atoms with E-state index in [1.807, 2.05) is 19.9 Å². The molecule has 0 bridgehead atoms. The fourth-order valence-corrected chi connectivity index (χ4v) is 5.61. The predicted molar refractivity (Wildman–Crippen MR) is 127 cm³/mol. The van der Waals surface area contributed by atoms with E-state index in [9.17, 15) is 13.2 Å². The van der Waals surface area contributed by atoms with Gasteiger partial charge >= 0.3 is 0 Å². The minimum atomic E-state index is -3.70. The Balaban J connectivity index is 1.65. The fourth-order valence-electron chi connectivity index (χ4n) is 3.97. The lowest BCUT2D eigenvalue weighted by Gasteiger charge is -2.34. The second kappa shape index (κ2) is 10.5. The number of amides is 1. The second-order valence-electron chi connectivity index (χ2n) is 8.28. The lowest BCUT2D eigenvalue weighted by molar-refractivity contribution is -0.0440. The van der Waals surface area contributed by atoms with Gasteiger partial charge in [0.25, 0.3) is 5.91 Å². The van der Waals surface area contributed by atoms with Gasteiger partial charge in [0.15, 0.2) is 0 Å². The molecular weight excluding hydrogens is 426 g/mol. The van der Waals surface area contributed by atoms with Crippen molar-refractivity contribution in [3.63, 3.8) is 0 Å². The first-order valence-corrected chi connectivity index (χ1v) is 12.5. The van der Waals surface area contributed by atoms with Gasteiger partial charge in [0.1, 0.15) is 0 Å². The van der Waals surface area contributed by atoms with Crippen LogP contribution >= 0.6 is 0 Å². The maximum atomic E-state index is 13.1. The summed E-state index contributed by atoms with van der Waals surface area (Å²) in [6.45, 7) is 10.4. The van der Waals surface area contributed by atoms with E-state index in [-0.39, 0.29) is 23.0 Å². The number of nitrogens with zero attached hydrogens (tertiary/aromatic N) is 2. The Hall–Kier alpha value is -2.42. The Labute approximate surface area is 191 Å². The normalized spacial score (nSPS) is 19.5. The molecule has 1 fully saturated rings. The first-order chi connectivity index (χ1) is 15.2. The van der Waals surface area contributed by atoms with Crippen molar-refractivity contribution in [1.29, 1.82) is 0 Å². The lowest BCUT2D eigenvalue weighted by atomic mass is 10.2. The van der Waals surface area contributed by atoms with Crippen LogP contribution in [0.5, 0.6) is 0 Å². The van der Waals surface area contributed by atoms with E-state index in [1.165, 1.54) is 22.0 Å². The molecule has 174 valence electrons. The van der Waals surface area contributed by atoms with Crippen LogP contribution in [0.1, 0.15) is 36.7 Å². The van der Waals surface area contributed by atoms with E-state index >= 15 is 0 Å². The highest BCUT2D eigenvalue weighted by molar-refractivity contribution is 7.89. The Kier molecular flexibility index (Phi) is 7.92. The molecule has 0 aromatic heterocycles. The van der Waals surface area contributed by atoms with Crippen LogP contribution in [0.25, 0.3) is 0 Å². The molecule has 0 radical (unpaired) electrons. The number of sulfonamides is 1. The molecule has 0 spiro atoms. The highest BCUT2D eigenvalue weighted by atomic mass is 32.2. The minimum absolute atomic E-state index is 0.126. The number of hydrogen-bond acceptors (Lipinski definition) is 5. The number of nitrogens with one attached hydrogen (secondary N) is 1. The number of carbonyl (C=O) groups excluding carboxylic acids is 1. The molecule has 1 aliphatic heterocycles. The van der Waals surface area contributed by atoms with Gasteiger partial charge in [-0.3, -0.25) is 4.79 Å². The monoisotopic (exact) mass is 459 g/mol. The van der Waals surface area contributed by atoms with Gasteiger partial charge in [0, 0.05) is 44.0 Å². The molecule has 2 aromatic rings. The lowest BCUT2D eigenvalue weighted by Crippen LogP contribution is -2.48. The maximum absolute atomic E-state index is 13.1. The quantitative estimate of drug-likeness (QED) is 0.656. The third-order valence-corrected chi connectivity index (χ3v) is 7.36. The van der Waals surface area contributed by atoms with Crippen LogP contribution in [0.3, 0.4) is 0 Å². The van der Waals surface area contributed by atoms with Gasteiger partial charge in [-0.15, -0.1) is 0 Å². The molecule has 1 N–H and O–H groups in total. The third kappa shape index (κ3) is 5.88. The van der Waals surface area contributed by atoms with E-state index in [0.29, 0.717) is 31.7 Å². The van der Waals surface area contributed by atoms with Crippen LogP contribution in [0.15, 0.2) is 53.4 Å². The SMILES string of the molecule is CCN(CCNC(=O)c1cccc(S(=O)(=O)N2CC(C)OC(C)C2)c1)c1cccc(C)c1. The zero-order chi connectivity index (χ0) is 23.3. The number of aryl methyl sites for hydroxylation is 1. The van der Waals surface area contributed by atoms with Crippen molar-refractivity contribution < 1.29 is 17.9 Å². The predicted octanol–water partition coefficient (Wildman–Crippen LogP) is 3.05.